The highest BCUT2D eigenvalue weighted by molar-refractivity contribution is 7.92. The molecular weight excluding hydrogens is 392 g/mol. The van der Waals surface area contributed by atoms with Gasteiger partial charge in [-0.3, -0.25) is 9.52 Å². The van der Waals surface area contributed by atoms with Crippen molar-refractivity contribution in [1.29, 1.82) is 0 Å². The third-order valence-corrected chi connectivity index (χ3v) is 6.48. The minimum atomic E-state index is -3.75. The lowest BCUT2D eigenvalue weighted by Crippen LogP contribution is -2.23. The average Bonchev–Trinajstić information content (AvgIpc) is 3.38. The molecule has 0 bridgehead atoms. The molecule has 7 nitrogen and oxygen atoms in total. The SMILES string of the molecule is O=C1CCCN1c1ccc(S(=O)(=O)Nc2cccc(OC[C@@H]3CCCO3)c2)cc1. The molecule has 2 aromatic rings. The third kappa shape index (κ3) is 4.71. The molecule has 1 amide bonds. The number of nitrogens with one attached hydrogen (secondary N) is 1. The van der Waals surface area contributed by atoms with E-state index in [4.69, 9.17) is 9.47 Å². The van der Waals surface area contributed by atoms with E-state index in [0.717, 1.165) is 31.6 Å². The summed E-state index contributed by atoms with van der Waals surface area (Å²) in [6, 6.07) is 13.2. The molecule has 29 heavy (non-hydrogen) atoms. The van der Waals surface area contributed by atoms with Crippen LogP contribution in [0.25, 0.3) is 0 Å². The lowest BCUT2D eigenvalue weighted by Gasteiger charge is -2.16. The summed E-state index contributed by atoms with van der Waals surface area (Å²) in [7, 11) is -3.75. The molecule has 0 aliphatic carbocycles. The summed E-state index contributed by atoms with van der Waals surface area (Å²) >= 11 is 0. The predicted molar refractivity (Wildman–Crippen MR) is 110 cm³/mol. The molecule has 2 aliphatic rings. The Morgan fingerprint density at radius 1 is 1.14 bits per heavy atom. The van der Waals surface area contributed by atoms with E-state index in [1.165, 1.54) is 12.1 Å². The monoisotopic (exact) mass is 416 g/mol. The molecule has 8 heteroatoms. The van der Waals surface area contributed by atoms with Gasteiger partial charge in [-0.25, -0.2) is 8.42 Å². The van der Waals surface area contributed by atoms with Crippen LogP contribution in [0.4, 0.5) is 11.4 Å². The fourth-order valence-electron chi connectivity index (χ4n) is 3.55. The topological polar surface area (TPSA) is 84.9 Å². The van der Waals surface area contributed by atoms with Gasteiger partial charge >= 0.3 is 0 Å². The molecular formula is C21H24N2O5S. The molecule has 1 atom stereocenters. The van der Waals surface area contributed by atoms with Crippen molar-refractivity contribution in [3.05, 3.63) is 48.5 Å². The average molecular weight is 416 g/mol. The van der Waals surface area contributed by atoms with E-state index >= 15 is 0 Å². The van der Waals surface area contributed by atoms with Gasteiger partial charge in [0.25, 0.3) is 10.0 Å². The fraction of sp³-hybridized carbons (Fsp3) is 0.381. The van der Waals surface area contributed by atoms with Gasteiger partial charge in [-0.2, -0.15) is 0 Å². The van der Waals surface area contributed by atoms with Gasteiger partial charge in [-0.15, -0.1) is 0 Å². The zero-order valence-corrected chi connectivity index (χ0v) is 16.9. The van der Waals surface area contributed by atoms with Crippen LogP contribution in [0.2, 0.25) is 0 Å². The summed E-state index contributed by atoms with van der Waals surface area (Å²) in [5.74, 6) is 0.655. The number of rotatable bonds is 7. The van der Waals surface area contributed by atoms with Crippen molar-refractivity contribution in [1.82, 2.24) is 0 Å². The Hall–Kier alpha value is -2.58. The van der Waals surface area contributed by atoms with Gasteiger partial charge in [-0.1, -0.05) is 6.07 Å². The number of anilines is 2. The molecule has 2 aromatic carbocycles. The smallest absolute Gasteiger partial charge is 0.261 e. The van der Waals surface area contributed by atoms with Crippen LogP contribution in [-0.2, 0) is 19.6 Å². The maximum Gasteiger partial charge on any atom is 0.261 e. The predicted octanol–water partition coefficient (Wildman–Crippen LogP) is 3.17. The normalized spacial score (nSPS) is 19.5. The van der Waals surface area contributed by atoms with Crippen LogP contribution in [0.1, 0.15) is 25.7 Å². The Labute approximate surface area is 170 Å². The van der Waals surface area contributed by atoms with Gasteiger partial charge < -0.3 is 14.4 Å². The summed E-state index contributed by atoms with van der Waals surface area (Å²) in [5.41, 5.74) is 1.14. The van der Waals surface area contributed by atoms with Crippen molar-refractivity contribution in [2.45, 2.75) is 36.7 Å². The van der Waals surface area contributed by atoms with Gasteiger partial charge in [0.15, 0.2) is 0 Å². The largest absolute Gasteiger partial charge is 0.491 e. The van der Waals surface area contributed by atoms with Crippen LogP contribution in [0, 0.1) is 0 Å². The highest BCUT2D eigenvalue weighted by Gasteiger charge is 2.22. The van der Waals surface area contributed by atoms with Crippen molar-refractivity contribution in [2.75, 3.05) is 29.4 Å². The quantitative estimate of drug-likeness (QED) is 0.749. The number of sulfonamides is 1. The second kappa shape index (κ2) is 8.42. The Morgan fingerprint density at radius 3 is 2.66 bits per heavy atom. The van der Waals surface area contributed by atoms with Crippen LogP contribution >= 0.6 is 0 Å². The number of hydrogen-bond acceptors (Lipinski definition) is 5. The van der Waals surface area contributed by atoms with Gasteiger partial charge in [0, 0.05) is 31.3 Å². The van der Waals surface area contributed by atoms with Crippen LogP contribution in [0.15, 0.2) is 53.4 Å². The zero-order valence-electron chi connectivity index (χ0n) is 16.0. The molecule has 0 spiro atoms. The molecule has 0 radical (unpaired) electrons. The molecule has 2 aliphatic heterocycles. The lowest BCUT2D eigenvalue weighted by molar-refractivity contribution is -0.117. The zero-order chi connectivity index (χ0) is 20.3. The Kier molecular flexibility index (Phi) is 5.73. The van der Waals surface area contributed by atoms with Gasteiger partial charge in [0.05, 0.1) is 16.7 Å². The van der Waals surface area contributed by atoms with Crippen molar-refractivity contribution in [3.63, 3.8) is 0 Å². The molecule has 2 saturated heterocycles. The van der Waals surface area contributed by atoms with E-state index in [1.807, 2.05) is 0 Å². The Balaban J connectivity index is 1.42. The highest BCUT2D eigenvalue weighted by Crippen LogP contribution is 2.25. The van der Waals surface area contributed by atoms with Crippen molar-refractivity contribution < 1.29 is 22.7 Å². The number of carbonyl (C=O) groups is 1. The second-order valence-corrected chi connectivity index (χ2v) is 8.90. The first-order chi connectivity index (χ1) is 14.0. The van der Waals surface area contributed by atoms with Crippen molar-refractivity contribution in [3.8, 4) is 5.75 Å². The maximum absolute atomic E-state index is 12.7. The van der Waals surface area contributed by atoms with E-state index in [0.29, 0.717) is 31.0 Å². The first-order valence-electron chi connectivity index (χ1n) is 9.79. The lowest BCUT2D eigenvalue weighted by atomic mass is 10.2. The fourth-order valence-corrected chi connectivity index (χ4v) is 4.60. The molecule has 0 aromatic heterocycles. The van der Waals surface area contributed by atoms with E-state index < -0.39 is 10.0 Å². The third-order valence-electron chi connectivity index (χ3n) is 5.08. The van der Waals surface area contributed by atoms with Crippen molar-refractivity contribution >= 4 is 27.3 Å². The summed E-state index contributed by atoms with van der Waals surface area (Å²) in [4.78, 5) is 13.7. The minimum absolute atomic E-state index is 0.0681. The van der Waals surface area contributed by atoms with Crippen LogP contribution in [0.3, 0.4) is 0 Å². The van der Waals surface area contributed by atoms with Gasteiger partial charge in [0.1, 0.15) is 12.4 Å². The minimum Gasteiger partial charge on any atom is -0.491 e. The van der Waals surface area contributed by atoms with Gasteiger partial charge in [-0.05, 0) is 55.7 Å². The highest BCUT2D eigenvalue weighted by atomic mass is 32.2. The summed E-state index contributed by atoms with van der Waals surface area (Å²) < 4.78 is 39.3. The standard InChI is InChI=1S/C21H24N2O5S/c24-21-7-2-12-23(21)17-8-10-20(11-9-17)29(25,26)22-16-4-1-5-18(14-16)28-15-19-6-3-13-27-19/h1,4-5,8-11,14,19,22H,2-3,6-7,12-13,15H2/t19-/m0/s1. The van der Waals surface area contributed by atoms with Gasteiger partial charge in [0.2, 0.25) is 5.91 Å². The van der Waals surface area contributed by atoms with Crippen LogP contribution < -0.4 is 14.4 Å². The molecule has 1 N–H and O–H groups in total. The van der Waals surface area contributed by atoms with E-state index in [9.17, 15) is 13.2 Å². The van der Waals surface area contributed by atoms with E-state index in [-0.39, 0.29) is 16.9 Å². The van der Waals surface area contributed by atoms with Crippen LogP contribution in [-0.4, -0.2) is 40.2 Å². The number of hydrogen-bond donors (Lipinski definition) is 1. The van der Waals surface area contributed by atoms with E-state index in [2.05, 4.69) is 4.72 Å². The number of amides is 1. The number of carbonyl (C=O) groups excluding carboxylic acids is 1. The molecule has 2 fully saturated rings. The Bertz CT molecular complexity index is 969. The molecule has 0 saturated carbocycles. The molecule has 0 unspecified atom stereocenters. The maximum atomic E-state index is 12.7. The van der Waals surface area contributed by atoms with E-state index in [1.54, 1.807) is 41.3 Å². The second-order valence-electron chi connectivity index (χ2n) is 7.22. The molecule has 154 valence electrons. The number of benzene rings is 2. The summed E-state index contributed by atoms with van der Waals surface area (Å²) in [5, 5.41) is 0. The molecule has 4 rings (SSSR count). The Morgan fingerprint density at radius 2 is 1.97 bits per heavy atom. The van der Waals surface area contributed by atoms with Crippen LogP contribution in [0.5, 0.6) is 5.75 Å². The molecule has 2 heterocycles. The van der Waals surface area contributed by atoms with Crippen molar-refractivity contribution in [2.24, 2.45) is 0 Å². The summed E-state index contributed by atoms with van der Waals surface area (Å²) in [6.07, 6.45) is 3.47. The first-order valence-corrected chi connectivity index (χ1v) is 11.3. The number of nitrogens with zero attached hydrogens (tertiary/aromatic N) is 1. The summed E-state index contributed by atoms with van der Waals surface area (Å²) in [6.45, 7) is 1.88. The first kappa shape index (κ1) is 19.7. The number of ether oxygens (including phenoxy) is 2.